The summed E-state index contributed by atoms with van der Waals surface area (Å²) >= 11 is 3.27. The van der Waals surface area contributed by atoms with Gasteiger partial charge in [0, 0.05) is 10.3 Å². The van der Waals surface area contributed by atoms with Crippen molar-refractivity contribution in [3.05, 3.63) is 16.8 Å². The van der Waals surface area contributed by atoms with Crippen LogP contribution in [0.15, 0.2) is 11.4 Å². The van der Waals surface area contributed by atoms with Gasteiger partial charge in [0.15, 0.2) is 0 Å². The van der Waals surface area contributed by atoms with Crippen molar-refractivity contribution >= 4 is 39.3 Å². The molecule has 0 radical (unpaired) electrons. The monoisotopic (exact) mass is 350 g/mol. The lowest BCUT2D eigenvalue weighted by atomic mass is 9.97. The number of hydrogen-bond acceptors (Lipinski definition) is 6. The third-order valence-electron chi connectivity index (χ3n) is 3.90. The van der Waals surface area contributed by atoms with Crippen molar-refractivity contribution in [3.63, 3.8) is 0 Å². The summed E-state index contributed by atoms with van der Waals surface area (Å²) in [6.07, 6.45) is 6.34. The van der Waals surface area contributed by atoms with Crippen molar-refractivity contribution in [2.75, 3.05) is 6.61 Å². The number of ether oxygens (including phenoxy) is 1. The number of carbonyl (C=O) groups excluding carboxylic acids is 1. The first-order valence-electron chi connectivity index (χ1n) is 8.14. The average molecular weight is 351 g/mol. The molecule has 0 saturated carbocycles. The smallest absolute Gasteiger partial charge is 0.319 e. The van der Waals surface area contributed by atoms with Gasteiger partial charge >= 0.3 is 5.97 Å². The van der Waals surface area contributed by atoms with Crippen LogP contribution in [0.2, 0.25) is 0 Å². The number of rotatable bonds is 5. The van der Waals surface area contributed by atoms with E-state index < -0.39 is 0 Å². The fourth-order valence-corrected chi connectivity index (χ4v) is 4.97. The van der Waals surface area contributed by atoms with E-state index in [1.807, 2.05) is 20.8 Å². The molecule has 0 bridgehead atoms. The molecule has 23 heavy (non-hydrogen) atoms. The van der Waals surface area contributed by atoms with Gasteiger partial charge in [0.1, 0.15) is 21.4 Å². The van der Waals surface area contributed by atoms with E-state index in [9.17, 15) is 4.79 Å². The second-order valence-corrected chi connectivity index (χ2v) is 8.77. The molecule has 2 aromatic heterocycles. The van der Waals surface area contributed by atoms with Crippen LogP contribution in [-0.2, 0) is 22.4 Å². The highest BCUT2D eigenvalue weighted by Crippen LogP contribution is 2.40. The molecule has 2 aromatic rings. The summed E-state index contributed by atoms with van der Waals surface area (Å²) in [5.74, 6) is 0.186. The van der Waals surface area contributed by atoms with Crippen molar-refractivity contribution < 1.29 is 9.53 Å². The van der Waals surface area contributed by atoms with Crippen molar-refractivity contribution in [3.8, 4) is 0 Å². The summed E-state index contributed by atoms with van der Waals surface area (Å²) in [4.78, 5) is 23.5. The Bertz CT molecular complexity index is 712. The van der Waals surface area contributed by atoms with Gasteiger partial charge in [-0.2, -0.15) is 0 Å². The number of carbonyl (C=O) groups is 1. The van der Waals surface area contributed by atoms with Gasteiger partial charge in [-0.1, -0.05) is 25.6 Å². The average Bonchev–Trinajstić information content (AvgIpc) is 2.91. The molecule has 124 valence electrons. The van der Waals surface area contributed by atoms with Crippen LogP contribution in [0.1, 0.15) is 44.1 Å². The van der Waals surface area contributed by atoms with E-state index in [4.69, 9.17) is 4.74 Å². The summed E-state index contributed by atoms with van der Waals surface area (Å²) < 4.78 is 5.34. The SMILES string of the molecule is CC(C)COC(=O)[C@H](C)Sc1ncnc2sc3c(c12)CCCC3. The molecule has 0 aromatic carbocycles. The molecule has 1 atom stereocenters. The van der Waals surface area contributed by atoms with Gasteiger partial charge in [-0.25, -0.2) is 9.97 Å². The molecule has 0 spiro atoms. The fourth-order valence-electron chi connectivity index (χ4n) is 2.73. The number of thiophene rings is 1. The molecule has 1 aliphatic carbocycles. The first kappa shape index (κ1) is 16.7. The Labute approximate surface area is 145 Å². The Morgan fingerprint density at radius 1 is 1.30 bits per heavy atom. The molecule has 2 heterocycles. The number of aromatic nitrogens is 2. The molecule has 0 unspecified atom stereocenters. The van der Waals surface area contributed by atoms with Crippen LogP contribution in [0, 0.1) is 5.92 Å². The summed E-state index contributed by atoms with van der Waals surface area (Å²) in [7, 11) is 0. The predicted molar refractivity (Wildman–Crippen MR) is 95.2 cm³/mol. The fraction of sp³-hybridized carbons (Fsp3) is 0.588. The molecule has 0 saturated heterocycles. The number of esters is 1. The van der Waals surface area contributed by atoms with Crippen LogP contribution < -0.4 is 0 Å². The largest absolute Gasteiger partial charge is 0.465 e. The molecule has 3 rings (SSSR count). The lowest BCUT2D eigenvalue weighted by molar-refractivity contribution is -0.143. The van der Waals surface area contributed by atoms with Gasteiger partial charge in [-0.05, 0) is 44.1 Å². The second-order valence-electron chi connectivity index (χ2n) is 6.35. The molecule has 0 N–H and O–H groups in total. The number of thioether (sulfide) groups is 1. The molecule has 0 aliphatic heterocycles. The maximum Gasteiger partial charge on any atom is 0.319 e. The topological polar surface area (TPSA) is 52.1 Å². The van der Waals surface area contributed by atoms with E-state index in [1.165, 1.54) is 40.4 Å². The molecular weight excluding hydrogens is 328 g/mol. The molecular formula is C17H22N2O2S2. The standard InChI is InChI=1S/C17H22N2O2S2/c1-10(2)8-21-17(20)11(3)22-15-14-12-6-4-5-7-13(12)23-16(14)19-9-18-15/h9-11H,4-8H2,1-3H3/t11-/m0/s1. The zero-order valence-corrected chi connectivity index (χ0v) is 15.4. The summed E-state index contributed by atoms with van der Waals surface area (Å²) in [6, 6.07) is 0. The lowest BCUT2D eigenvalue weighted by Crippen LogP contribution is -2.19. The van der Waals surface area contributed by atoms with Crippen LogP contribution in [0.5, 0.6) is 0 Å². The zero-order chi connectivity index (χ0) is 16.4. The Balaban J connectivity index is 1.82. The van der Waals surface area contributed by atoms with Crippen molar-refractivity contribution in [1.29, 1.82) is 0 Å². The normalized spacial score (nSPS) is 15.7. The maximum absolute atomic E-state index is 12.1. The first-order valence-corrected chi connectivity index (χ1v) is 9.84. The third kappa shape index (κ3) is 3.69. The van der Waals surface area contributed by atoms with E-state index in [0.717, 1.165) is 22.7 Å². The lowest BCUT2D eigenvalue weighted by Gasteiger charge is -2.14. The second kappa shape index (κ2) is 7.18. The van der Waals surface area contributed by atoms with E-state index in [-0.39, 0.29) is 11.2 Å². The van der Waals surface area contributed by atoms with Gasteiger partial charge in [-0.15, -0.1) is 11.3 Å². The number of fused-ring (bicyclic) bond motifs is 3. The van der Waals surface area contributed by atoms with E-state index in [0.29, 0.717) is 12.5 Å². The minimum atomic E-state index is -0.258. The molecule has 0 amide bonds. The van der Waals surface area contributed by atoms with Crippen LogP contribution >= 0.6 is 23.1 Å². The summed E-state index contributed by atoms with van der Waals surface area (Å²) in [5, 5.41) is 1.83. The van der Waals surface area contributed by atoms with Crippen LogP contribution in [0.25, 0.3) is 10.2 Å². The number of nitrogens with zero attached hydrogens (tertiary/aromatic N) is 2. The quantitative estimate of drug-likeness (QED) is 0.458. The summed E-state index contributed by atoms with van der Waals surface area (Å²) in [6.45, 7) is 6.43. The summed E-state index contributed by atoms with van der Waals surface area (Å²) in [5.41, 5.74) is 1.40. The van der Waals surface area contributed by atoms with Gasteiger partial charge in [0.05, 0.1) is 6.61 Å². The van der Waals surface area contributed by atoms with Crippen molar-refractivity contribution in [2.24, 2.45) is 5.92 Å². The van der Waals surface area contributed by atoms with Gasteiger partial charge in [0.25, 0.3) is 0 Å². The first-order chi connectivity index (χ1) is 11.1. The minimum Gasteiger partial charge on any atom is -0.465 e. The van der Waals surface area contributed by atoms with Crippen LogP contribution in [0.4, 0.5) is 0 Å². The van der Waals surface area contributed by atoms with E-state index >= 15 is 0 Å². The highest BCUT2D eigenvalue weighted by Gasteiger charge is 2.23. The predicted octanol–water partition coefficient (Wildman–Crippen LogP) is 4.25. The minimum absolute atomic E-state index is 0.167. The van der Waals surface area contributed by atoms with E-state index in [2.05, 4.69) is 9.97 Å². The van der Waals surface area contributed by atoms with Crippen LogP contribution in [-0.4, -0.2) is 27.8 Å². The Morgan fingerprint density at radius 2 is 2.09 bits per heavy atom. The third-order valence-corrected chi connectivity index (χ3v) is 6.17. The highest BCUT2D eigenvalue weighted by atomic mass is 32.2. The Morgan fingerprint density at radius 3 is 2.87 bits per heavy atom. The number of hydrogen-bond donors (Lipinski definition) is 0. The molecule has 6 heteroatoms. The van der Waals surface area contributed by atoms with Crippen molar-refractivity contribution in [1.82, 2.24) is 9.97 Å². The molecule has 4 nitrogen and oxygen atoms in total. The zero-order valence-electron chi connectivity index (χ0n) is 13.8. The number of aryl methyl sites for hydroxylation is 2. The van der Waals surface area contributed by atoms with Gasteiger partial charge in [-0.3, -0.25) is 4.79 Å². The molecule has 0 fully saturated rings. The van der Waals surface area contributed by atoms with Gasteiger partial charge < -0.3 is 4.74 Å². The van der Waals surface area contributed by atoms with Crippen LogP contribution in [0.3, 0.4) is 0 Å². The Hall–Kier alpha value is -1.14. The van der Waals surface area contributed by atoms with Crippen molar-refractivity contribution in [2.45, 2.75) is 56.7 Å². The van der Waals surface area contributed by atoms with E-state index in [1.54, 1.807) is 17.7 Å². The highest BCUT2D eigenvalue weighted by molar-refractivity contribution is 8.00. The molecule has 1 aliphatic rings. The Kier molecular flexibility index (Phi) is 5.21. The van der Waals surface area contributed by atoms with Gasteiger partial charge in [0.2, 0.25) is 0 Å². The maximum atomic E-state index is 12.1.